The van der Waals surface area contributed by atoms with E-state index in [2.05, 4.69) is 4.72 Å². The van der Waals surface area contributed by atoms with Crippen LogP contribution in [0.5, 0.6) is 0 Å². The van der Waals surface area contributed by atoms with Crippen molar-refractivity contribution < 1.29 is 23.1 Å². The molecule has 1 aromatic carbocycles. The average Bonchev–Trinajstić information content (AvgIpc) is 2.54. The molecule has 1 saturated heterocycles. The number of anilines is 1. The Labute approximate surface area is 141 Å². The van der Waals surface area contributed by atoms with Crippen molar-refractivity contribution in [3.63, 3.8) is 0 Å². The first-order valence-corrected chi connectivity index (χ1v) is 9.60. The quantitative estimate of drug-likeness (QED) is 0.810. The Kier molecular flexibility index (Phi) is 5.82. The van der Waals surface area contributed by atoms with Gasteiger partial charge in [-0.3, -0.25) is 14.3 Å². The van der Waals surface area contributed by atoms with Crippen molar-refractivity contribution >= 4 is 27.6 Å². The molecule has 2 rings (SSSR count). The van der Waals surface area contributed by atoms with Gasteiger partial charge >= 0.3 is 5.97 Å². The molecule has 0 bridgehead atoms. The Hall–Kier alpha value is -2.09. The van der Waals surface area contributed by atoms with Crippen LogP contribution in [0.2, 0.25) is 0 Å². The highest BCUT2D eigenvalue weighted by molar-refractivity contribution is 7.92. The number of carboxylic acids is 1. The molecule has 0 radical (unpaired) electrons. The lowest BCUT2D eigenvalue weighted by atomic mass is 9.96. The molecule has 0 atom stereocenters. The third-order valence-corrected chi connectivity index (χ3v) is 5.50. The van der Waals surface area contributed by atoms with Gasteiger partial charge in [-0.05, 0) is 43.5 Å². The predicted molar refractivity (Wildman–Crippen MR) is 90.4 cm³/mol. The second-order valence-electron chi connectivity index (χ2n) is 5.90. The maximum atomic E-state index is 12.4. The molecule has 0 aromatic heterocycles. The molecule has 24 heavy (non-hydrogen) atoms. The zero-order valence-electron chi connectivity index (χ0n) is 13.6. The molecule has 1 fully saturated rings. The van der Waals surface area contributed by atoms with Crippen molar-refractivity contribution in [3.8, 4) is 0 Å². The molecule has 0 spiro atoms. The Morgan fingerprint density at radius 1 is 1.21 bits per heavy atom. The van der Waals surface area contributed by atoms with Crippen LogP contribution in [0.15, 0.2) is 24.3 Å². The minimum Gasteiger partial charge on any atom is -0.481 e. The van der Waals surface area contributed by atoms with Gasteiger partial charge in [-0.1, -0.05) is 6.92 Å². The fourth-order valence-electron chi connectivity index (χ4n) is 2.69. The largest absolute Gasteiger partial charge is 0.481 e. The van der Waals surface area contributed by atoms with Gasteiger partial charge in [0.25, 0.3) is 5.91 Å². The summed E-state index contributed by atoms with van der Waals surface area (Å²) in [5, 5.41) is 8.98. The van der Waals surface area contributed by atoms with E-state index in [1.807, 2.05) is 0 Å². The number of rotatable bonds is 6. The number of hydrogen-bond donors (Lipinski definition) is 2. The van der Waals surface area contributed by atoms with E-state index in [9.17, 15) is 18.0 Å². The highest BCUT2D eigenvalue weighted by Crippen LogP contribution is 2.20. The van der Waals surface area contributed by atoms with Gasteiger partial charge in [0.15, 0.2) is 0 Å². The molecule has 1 aliphatic rings. The van der Waals surface area contributed by atoms with Gasteiger partial charge in [-0.15, -0.1) is 0 Å². The first kappa shape index (κ1) is 18.3. The van der Waals surface area contributed by atoms with Crippen molar-refractivity contribution in [2.24, 2.45) is 5.92 Å². The van der Waals surface area contributed by atoms with Crippen LogP contribution in [0.25, 0.3) is 0 Å². The number of carbonyl (C=O) groups is 2. The van der Waals surface area contributed by atoms with Crippen LogP contribution < -0.4 is 4.72 Å². The monoisotopic (exact) mass is 354 g/mol. The number of hydrogen-bond acceptors (Lipinski definition) is 4. The fourth-order valence-corrected chi connectivity index (χ4v) is 3.83. The predicted octanol–water partition coefficient (Wildman–Crippen LogP) is 1.78. The summed E-state index contributed by atoms with van der Waals surface area (Å²) in [5.41, 5.74) is 0.881. The van der Waals surface area contributed by atoms with E-state index in [-0.39, 0.29) is 17.6 Å². The first-order chi connectivity index (χ1) is 11.3. The van der Waals surface area contributed by atoms with Gasteiger partial charge in [0, 0.05) is 24.3 Å². The number of carboxylic acid groups (broad SMARTS) is 1. The molecule has 2 N–H and O–H groups in total. The smallest absolute Gasteiger partial charge is 0.306 e. The number of likely N-dealkylation sites (tertiary alicyclic amines) is 1. The second kappa shape index (κ2) is 7.65. The maximum absolute atomic E-state index is 12.4. The van der Waals surface area contributed by atoms with Crippen molar-refractivity contribution in [2.75, 3.05) is 23.6 Å². The van der Waals surface area contributed by atoms with Gasteiger partial charge in [0.1, 0.15) is 0 Å². The molecule has 1 amide bonds. The summed E-state index contributed by atoms with van der Waals surface area (Å²) in [6.45, 7) is 2.62. The van der Waals surface area contributed by atoms with E-state index in [4.69, 9.17) is 5.11 Å². The summed E-state index contributed by atoms with van der Waals surface area (Å²) in [5.74, 6) is -1.32. The fraction of sp³-hybridized carbons (Fsp3) is 0.500. The summed E-state index contributed by atoms with van der Waals surface area (Å²) in [6.07, 6.45) is 1.43. The average molecular weight is 354 g/mol. The van der Waals surface area contributed by atoms with Crippen molar-refractivity contribution in [3.05, 3.63) is 29.8 Å². The van der Waals surface area contributed by atoms with Gasteiger partial charge in [-0.2, -0.15) is 0 Å². The standard InChI is InChI=1S/C16H22N2O5S/c1-2-11-24(22,23)17-14-5-3-12(4-6-14)15(19)18-9-7-13(8-10-18)16(20)21/h3-6,13,17H,2,7-11H2,1H3,(H,20,21). The summed E-state index contributed by atoms with van der Waals surface area (Å²) in [7, 11) is -3.35. The van der Waals surface area contributed by atoms with E-state index in [0.29, 0.717) is 43.6 Å². The van der Waals surface area contributed by atoms with E-state index >= 15 is 0 Å². The zero-order valence-corrected chi connectivity index (χ0v) is 14.4. The van der Waals surface area contributed by atoms with Crippen molar-refractivity contribution in [2.45, 2.75) is 26.2 Å². The Morgan fingerprint density at radius 2 is 1.79 bits per heavy atom. The molecule has 0 aliphatic carbocycles. The molecule has 0 saturated carbocycles. The number of aliphatic carboxylic acids is 1. The number of benzene rings is 1. The summed E-state index contributed by atoms with van der Waals surface area (Å²) in [4.78, 5) is 25.0. The Morgan fingerprint density at radius 3 is 2.29 bits per heavy atom. The summed E-state index contributed by atoms with van der Waals surface area (Å²) < 4.78 is 25.9. The Balaban J connectivity index is 1.98. The van der Waals surface area contributed by atoms with Crippen LogP contribution in [0.3, 0.4) is 0 Å². The number of carbonyl (C=O) groups excluding carboxylic acids is 1. The van der Waals surface area contributed by atoms with Crippen LogP contribution in [0, 0.1) is 5.92 Å². The van der Waals surface area contributed by atoms with Gasteiger partial charge in [0.05, 0.1) is 11.7 Å². The lowest BCUT2D eigenvalue weighted by Gasteiger charge is -2.30. The molecule has 1 aromatic rings. The molecule has 7 nitrogen and oxygen atoms in total. The number of nitrogens with one attached hydrogen (secondary N) is 1. The normalized spacial score (nSPS) is 16.0. The van der Waals surface area contributed by atoms with E-state index < -0.39 is 16.0 Å². The van der Waals surface area contributed by atoms with Crippen LogP contribution in [0.1, 0.15) is 36.5 Å². The van der Waals surface area contributed by atoms with E-state index in [1.54, 1.807) is 36.1 Å². The molecule has 0 unspecified atom stereocenters. The van der Waals surface area contributed by atoms with E-state index in [0.717, 1.165) is 0 Å². The molecular formula is C16H22N2O5S. The Bertz CT molecular complexity index is 692. The van der Waals surface area contributed by atoms with Gasteiger partial charge in [0.2, 0.25) is 10.0 Å². The number of piperidine rings is 1. The molecule has 8 heteroatoms. The summed E-state index contributed by atoms with van der Waals surface area (Å²) in [6, 6.07) is 6.28. The van der Waals surface area contributed by atoms with E-state index in [1.165, 1.54) is 0 Å². The van der Waals surface area contributed by atoms with Crippen LogP contribution >= 0.6 is 0 Å². The first-order valence-electron chi connectivity index (χ1n) is 7.95. The van der Waals surface area contributed by atoms with Crippen molar-refractivity contribution in [1.82, 2.24) is 4.90 Å². The third-order valence-electron chi connectivity index (χ3n) is 4.01. The minimum atomic E-state index is -3.35. The molecule has 1 aliphatic heterocycles. The number of amides is 1. The SMILES string of the molecule is CCCS(=O)(=O)Nc1ccc(C(=O)N2CCC(C(=O)O)CC2)cc1. The van der Waals surface area contributed by atoms with Crippen LogP contribution in [-0.2, 0) is 14.8 Å². The van der Waals surface area contributed by atoms with Gasteiger partial charge in [-0.25, -0.2) is 8.42 Å². The van der Waals surface area contributed by atoms with Crippen LogP contribution in [0.4, 0.5) is 5.69 Å². The highest BCUT2D eigenvalue weighted by Gasteiger charge is 2.27. The third kappa shape index (κ3) is 4.70. The number of nitrogens with zero attached hydrogens (tertiary/aromatic N) is 1. The van der Waals surface area contributed by atoms with Gasteiger partial charge < -0.3 is 10.0 Å². The maximum Gasteiger partial charge on any atom is 0.306 e. The minimum absolute atomic E-state index is 0.0478. The lowest BCUT2D eigenvalue weighted by Crippen LogP contribution is -2.40. The molecule has 132 valence electrons. The summed E-state index contributed by atoms with van der Waals surface area (Å²) >= 11 is 0. The highest BCUT2D eigenvalue weighted by atomic mass is 32.2. The topological polar surface area (TPSA) is 104 Å². The molecular weight excluding hydrogens is 332 g/mol. The number of sulfonamides is 1. The lowest BCUT2D eigenvalue weighted by molar-refractivity contribution is -0.143. The molecule has 1 heterocycles. The van der Waals surface area contributed by atoms with Crippen molar-refractivity contribution in [1.29, 1.82) is 0 Å². The second-order valence-corrected chi connectivity index (χ2v) is 7.74. The van der Waals surface area contributed by atoms with Crippen LogP contribution in [-0.4, -0.2) is 49.1 Å². The zero-order chi connectivity index (χ0) is 17.7.